The molecule has 2 aromatic heterocycles. The summed E-state index contributed by atoms with van der Waals surface area (Å²) >= 11 is 6.28. The number of nitrogens with one attached hydrogen (secondary N) is 1. The fourth-order valence-electron chi connectivity index (χ4n) is 4.81. The lowest BCUT2D eigenvalue weighted by Crippen LogP contribution is -2.23. The Balaban J connectivity index is 0.000000531. The first-order valence-corrected chi connectivity index (χ1v) is 13.9. The van der Waals surface area contributed by atoms with Crippen molar-refractivity contribution in [2.45, 2.75) is 65.3 Å². The number of aryl methyl sites for hydroxylation is 1. The second-order valence-electron chi connectivity index (χ2n) is 10.5. The summed E-state index contributed by atoms with van der Waals surface area (Å²) in [5.74, 6) is -0.476. The zero-order chi connectivity index (χ0) is 27.9. The lowest BCUT2D eigenvalue weighted by molar-refractivity contribution is -0.140. The van der Waals surface area contributed by atoms with E-state index in [1.54, 1.807) is 20.0 Å². The summed E-state index contributed by atoms with van der Waals surface area (Å²) in [6.45, 7) is 5.64. The minimum absolute atomic E-state index is 0.212. The van der Waals surface area contributed by atoms with Crippen LogP contribution >= 0.6 is 11.6 Å². The highest BCUT2D eigenvalue weighted by molar-refractivity contribution is 6.31. The van der Waals surface area contributed by atoms with Gasteiger partial charge in [-0.2, -0.15) is 0 Å². The second-order valence-corrected chi connectivity index (χ2v) is 10.9. The molecule has 0 bridgehead atoms. The van der Waals surface area contributed by atoms with Crippen molar-refractivity contribution in [2.75, 3.05) is 0 Å². The fourth-order valence-corrected chi connectivity index (χ4v) is 5.09. The maximum Gasteiger partial charge on any atom is 0.305 e. The van der Waals surface area contributed by atoms with E-state index in [0.29, 0.717) is 23.2 Å². The van der Waals surface area contributed by atoms with Crippen molar-refractivity contribution in [2.24, 2.45) is 5.92 Å². The number of hydrogen-bond acceptors (Lipinski definition) is 3. The Morgan fingerprint density at radius 2 is 1.67 bits per heavy atom. The molecule has 1 aliphatic rings. The van der Waals surface area contributed by atoms with Gasteiger partial charge >= 0.3 is 5.97 Å². The predicted molar refractivity (Wildman–Crippen MR) is 156 cm³/mol. The zero-order valence-electron chi connectivity index (χ0n) is 22.8. The highest BCUT2D eigenvalue weighted by Gasteiger charge is 2.16. The van der Waals surface area contributed by atoms with Gasteiger partial charge in [-0.1, -0.05) is 81.1 Å². The maximum atomic E-state index is 12.7. The maximum absolute atomic E-state index is 12.7. The molecule has 0 aliphatic heterocycles. The number of carboxylic acids is 1. The lowest BCUT2D eigenvalue weighted by Gasteiger charge is -2.22. The van der Waals surface area contributed by atoms with Crippen LogP contribution in [-0.2, 0) is 11.3 Å². The van der Waals surface area contributed by atoms with Gasteiger partial charge in [-0.05, 0) is 71.7 Å². The summed E-state index contributed by atoms with van der Waals surface area (Å²) in [4.78, 5) is 26.9. The van der Waals surface area contributed by atoms with Crippen LogP contribution in [0.15, 0.2) is 67.0 Å². The van der Waals surface area contributed by atoms with Gasteiger partial charge in [-0.3, -0.25) is 9.59 Å². The summed E-state index contributed by atoms with van der Waals surface area (Å²) in [5, 5.41) is 11.6. The van der Waals surface area contributed by atoms with Gasteiger partial charge < -0.3 is 14.8 Å². The van der Waals surface area contributed by atoms with Crippen molar-refractivity contribution in [3.63, 3.8) is 0 Å². The second kappa shape index (κ2) is 12.9. The number of aliphatic carboxylic acids is 1. The third-order valence-electron chi connectivity index (χ3n) is 7.28. The Labute approximate surface area is 235 Å². The molecular formula is C32H36ClN3O3. The van der Waals surface area contributed by atoms with Gasteiger partial charge in [0, 0.05) is 24.0 Å². The standard InChI is InChI=1S/C28H28ClN3O.C4H8O2/c1-19-6-5-9-25(29)24(19)16-30-28(33)26-18-32-17-23(14-15-27(32)31-26)22-12-10-21(11-13-22)20-7-3-2-4-8-20;1-3(2)4(5)6/h5-6,9-15,17-18,20H,2-4,7-8,16H2,1H3,(H,30,33);3H,1-2H3,(H,5,6). The lowest BCUT2D eigenvalue weighted by atomic mass is 9.84. The number of carboxylic acid groups (broad SMARTS) is 1. The molecule has 1 saturated carbocycles. The molecule has 0 unspecified atom stereocenters. The highest BCUT2D eigenvalue weighted by Crippen LogP contribution is 2.33. The molecule has 4 aromatic rings. The van der Waals surface area contributed by atoms with Gasteiger partial charge in [0.25, 0.3) is 5.91 Å². The number of imidazole rings is 1. The summed E-state index contributed by atoms with van der Waals surface area (Å²) in [6.07, 6.45) is 10.5. The van der Waals surface area contributed by atoms with E-state index in [0.717, 1.165) is 22.3 Å². The van der Waals surface area contributed by atoms with Crippen LogP contribution in [0.1, 0.15) is 79.0 Å². The van der Waals surface area contributed by atoms with Crippen molar-refractivity contribution in [1.82, 2.24) is 14.7 Å². The van der Waals surface area contributed by atoms with E-state index in [9.17, 15) is 9.59 Å². The number of carbonyl (C=O) groups excluding carboxylic acids is 1. The largest absolute Gasteiger partial charge is 0.481 e. The Bertz CT molecular complexity index is 1420. The molecule has 5 rings (SSSR count). The quantitative estimate of drug-likeness (QED) is 0.260. The number of amides is 1. The van der Waals surface area contributed by atoms with Gasteiger partial charge in [0.2, 0.25) is 0 Å². The number of rotatable bonds is 6. The predicted octanol–water partition coefficient (Wildman–Crippen LogP) is 7.67. The normalized spacial score (nSPS) is 13.7. The van der Waals surface area contributed by atoms with E-state index in [2.05, 4.69) is 40.6 Å². The van der Waals surface area contributed by atoms with E-state index >= 15 is 0 Å². The highest BCUT2D eigenvalue weighted by atomic mass is 35.5. The van der Waals surface area contributed by atoms with Gasteiger partial charge in [-0.25, -0.2) is 4.98 Å². The van der Waals surface area contributed by atoms with Crippen LogP contribution < -0.4 is 5.32 Å². The number of fused-ring (bicyclic) bond motifs is 1. The third kappa shape index (κ3) is 7.27. The molecular weight excluding hydrogens is 510 g/mol. The first kappa shape index (κ1) is 28.4. The van der Waals surface area contributed by atoms with Crippen LogP contribution in [0.25, 0.3) is 16.8 Å². The molecule has 7 heteroatoms. The Hall–Kier alpha value is -3.64. The van der Waals surface area contributed by atoms with E-state index in [4.69, 9.17) is 16.7 Å². The van der Waals surface area contributed by atoms with Gasteiger partial charge in [0.05, 0.1) is 5.92 Å². The fraction of sp³-hybridized carbons (Fsp3) is 0.344. The molecule has 2 N–H and O–H groups in total. The number of aromatic nitrogens is 2. The summed E-state index contributed by atoms with van der Waals surface area (Å²) in [5.41, 5.74) is 6.85. The smallest absolute Gasteiger partial charge is 0.305 e. The molecule has 1 fully saturated rings. The topological polar surface area (TPSA) is 83.7 Å². The number of carbonyl (C=O) groups is 2. The first-order chi connectivity index (χ1) is 18.7. The number of halogens is 1. The van der Waals surface area contributed by atoms with Crippen molar-refractivity contribution in [1.29, 1.82) is 0 Å². The molecule has 1 amide bonds. The molecule has 2 heterocycles. The Morgan fingerprint density at radius 3 is 2.31 bits per heavy atom. The molecule has 2 aromatic carbocycles. The summed E-state index contributed by atoms with van der Waals surface area (Å²) < 4.78 is 1.92. The van der Waals surface area contributed by atoms with Gasteiger partial charge in [0.15, 0.2) is 0 Å². The Morgan fingerprint density at radius 1 is 1.00 bits per heavy atom. The number of benzene rings is 2. The molecule has 1 aliphatic carbocycles. The van der Waals surface area contributed by atoms with Crippen molar-refractivity contribution >= 4 is 29.1 Å². The first-order valence-electron chi connectivity index (χ1n) is 13.6. The third-order valence-corrected chi connectivity index (χ3v) is 7.63. The number of hydrogen-bond donors (Lipinski definition) is 2. The molecule has 0 saturated heterocycles. The van der Waals surface area contributed by atoms with Crippen LogP contribution in [0.2, 0.25) is 5.02 Å². The van der Waals surface area contributed by atoms with E-state index in [-0.39, 0.29) is 11.8 Å². The number of pyridine rings is 1. The van der Waals surface area contributed by atoms with Crippen LogP contribution in [0.5, 0.6) is 0 Å². The SMILES string of the molecule is CC(C)C(=O)O.Cc1cccc(Cl)c1CNC(=O)c1cn2cc(-c3ccc(C4CCCCC4)cc3)ccc2n1. The number of nitrogens with zero attached hydrogens (tertiary/aromatic N) is 2. The van der Waals surface area contributed by atoms with Crippen molar-refractivity contribution in [3.8, 4) is 11.1 Å². The van der Waals surface area contributed by atoms with Crippen molar-refractivity contribution < 1.29 is 14.7 Å². The average Bonchev–Trinajstić information content (AvgIpc) is 3.37. The average molecular weight is 546 g/mol. The van der Waals surface area contributed by atoms with Crippen LogP contribution in [-0.4, -0.2) is 26.4 Å². The molecule has 0 spiro atoms. The summed E-state index contributed by atoms with van der Waals surface area (Å²) in [6, 6.07) is 18.7. The van der Waals surface area contributed by atoms with Gasteiger partial charge in [-0.15, -0.1) is 0 Å². The molecule has 204 valence electrons. The minimum atomic E-state index is -0.741. The van der Waals surface area contributed by atoms with E-state index < -0.39 is 5.97 Å². The van der Waals surface area contributed by atoms with Crippen LogP contribution in [0, 0.1) is 12.8 Å². The van der Waals surface area contributed by atoms with Gasteiger partial charge in [0.1, 0.15) is 11.3 Å². The minimum Gasteiger partial charge on any atom is -0.481 e. The monoisotopic (exact) mass is 545 g/mol. The zero-order valence-corrected chi connectivity index (χ0v) is 23.5. The van der Waals surface area contributed by atoms with E-state index in [1.165, 1.54) is 43.2 Å². The van der Waals surface area contributed by atoms with Crippen molar-refractivity contribution in [3.05, 3.63) is 94.4 Å². The molecule has 39 heavy (non-hydrogen) atoms. The van der Waals surface area contributed by atoms with Crippen LogP contribution in [0.4, 0.5) is 0 Å². The molecule has 6 nitrogen and oxygen atoms in total. The molecule has 0 radical (unpaired) electrons. The van der Waals surface area contributed by atoms with Crippen LogP contribution in [0.3, 0.4) is 0 Å². The molecule has 0 atom stereocenters. The van der Waals surface area contributed by atoms with E-state index in [1.807, 2.05) is 41.8 Å². The Kier molecular flexibility index (Phi) is 9.41. The summed E-state index contributed by atoms with van der Waals surface area (Å²) in [7, 11) is 0.